The SMILES string of the molecule is CCCCCCCCCCCCCCCC(=O)O[C@@H](COP(=O)(O)OC1C(O)[C@H](O)C(OP(=O)(O)O)[C@H](O)[C@@H]1O)CC(=O)OCCCCCCCCCCCCCCC(=O)CCC. The normalized spacial score (nSPS) is 21.8. The van der Waals surface area contributed by atoms with Crippen molar-refractivity contribution in [2.24, 2.45) is 0 Å². The highest BCUT2D eigenvalue weighted by atomic mass is 31.2. The van der Waals surface area contributed by atoms with Gasteiger partial charge in [-0.25, -0.2) is 9.13 Å². The average molecular weight is 947 g/mol. The maximum atomic E-state index is 12.9. The van der Waals surface area contributed by atoms with Crippen LogP contribution in [-0.2, 0) is 46.6 Å². The molecule has 0 saturated heterocycles. The number of hydrogen-bond donors (Lipinski definition) is 7. The number of carbonyl (C=O) groups is 3. The maximum absolute atomic E-state index is 12.9. The van der Waals surface area contributed by atoms with Crippen molar-refractivity contribution in [3.8, 4) is 0 Å². The van der Waals surface area contributed by atoms with Gasteiger partial charge in [0.1, 0.15) is 48.5 Å². The number of carbonyl (C=O) groups excluding carboxylic acids is 3. The van der Waals surface area contributed by atoms with Crippen molar-refractivity contribution >= 4 is 33.4 Å². The molecule has 17 nitrogen and oxygen atoms in total. The first-order valence-electron chi connectivity index (χ1n) is 24.0. The van der Waals surface area contributed by atoms with Crippen LogP contribution in [-0.4, -0.2) is 109 Å². The molecule has 1 saturated carbocycles. The number of esters is 2. The Morgan fingerprint density at radius 3 is 1.32 bits per heavy atom. The fourth-order valence-corrected chi connectivity index (χ4v) is 9.18. The van der Waals surface area contributed by atoms with Crippen LogP contribution in [0.15, 0.2) is 0 Å². The monoisotopic (exact) mass is 947 g/mol. The fourth-order valence-electron chi connectivity index (χ4n) is 7.64. The molecule has 0 aliphatic heterocycles. The predicted molar refractivity (Wildman–Crippen MR) is 237 cm³/mol. The third kappa shape index (κ3) is 30.6. The first-order valence-corrected chi connectivity index (χ1v) is 27.0. The van der Waals surface area contributed by atoms with Crippen molar-refractivity contribution in [2.75, 3.05) is 13.2 Å². The largest absolute Gasteiger partial charge is 0.472 e. The summed E-state index contributed by atoms with van der Waals surface area (Å²) in [6.45, 7) is 3.52. The van der Waals surface area contributed by atoms with Crippen molar-refractivity contribution in [2.45, 2.75) is 249 Å². The van der Waals surface area contributed by atoms with E-state index in [1.165, 1.54) is 77.0 Å². The number of Topliss-reactive ketones (excluding diaryl/α,β-unsaturated/α-hetero) is 1. The molecule has 19 heteroatoms. The summed E-state index contributed by atoms with van der Waals surface area (Å²) in [5.41, 5.74) is 0. The maximum Gasteiger partial charge on any atom is 0.472 e. The van der Waals surface area contributed by atoms with Gasteiger partial charge in [-0.1, -0.05) is 155 Å². The molecule has 1 rings (SSSR count). The third-order valence-electron chi connectivity index (χ3n) is 11.3. The van der Waals surface area contributed by atoms with E-state index >= 15 is 0 Å². The van der Waals surface area contributed by atoms with Crippen LogP contribution in [0.25, 0.3) is 0 Å². The van der Waals surface area contributed by atoms with Crippen molar-refractivity contribution in [1.29, 1.82) is 0 Å². The van der Waals surface area contributed by atoms with E-state index in [0.717, 1.165) is 77.0 Å². The summed E-state index contributed by atoms with van der Waals surface area (Å²) in [6.07, 6.45) is 14.2. The summed E-state index contributed by atoms with van der Waals surface area (Å²) >= 11 is 0. The Morgan fingerprint density at radius 1 is 0.492 bits per heavy atom. The number of phosphoric ester groups is 2. The van der Waals surface area contributed by atoms with Gasteiger partial charge in [-0.2, -0.15) is 0 Å². The van der Waals surface area contributed by atoms with Gasteiger partial charge in [-0.3, -0.25) is 28.0 Å². The molecule has 1 fully saturated rings. The number of rotatable bonds is 41. The molecule has 0 aromatic heterocycles. The lowest BCUT2D eigenvalue weighted by atomic mass is 9.85. The molecule has 0 bridgehead atoms. The first kappa shape index (κ1) is 59.7. The molecule has 0 amide bonds. The topological polar surface area (TPSA) is 273 Å². The number of aliphatic hydroxyl groups excluding tert-OH is 4. The minimum atomic E-state index is -5.31. The quantitative estimate of drug-likeness (QED) is 0.0173. The zero-order valence-corrected chi connectivity index (χ0v) is 40.1. The number of hydrogen-bond acceptors (Lipinski definition) is 14. The molecule has 372 valence electrons. The lowest BCUT2D eigenvalue weighted by molar-refractivity contribution is -0.216. The Morgan fingerprint density at radius 2 is 0.889 bits per heavy atom. The second kappa shape index (κ2) is 35.8. The van der Waals surface area contributed by atoms with E-state index in [4.69, 9.17) is 28.3 Å². The van der Waals surface area contributed by atoms with Crippen LogP contribution in [0.4, 0.5) is 0 Å². The molecular weight excluding hydrogens is 862 g/mol. The summed E-state index contributed by atoms with van der Waals surface area (Å²) in [5, 5.41) is 41.4. The molecule has 0 heterocycles. The summed E-state index contributed by atoms with van der Waals surface area (Å²) in [4.78, 5) is 65.8. The molecule has 0 aromatic carbocycles. The van der Waals surface area contributed by atoms with Gasteiger partial charge in [0.05, 0.1) is 19.6 Å². The Balaban J connectivity index is 2.54. The highest BCUT2D eigenvalue weighted by Gasteiger charge is 2.54. The second-order valence-corrected chi connectivity index (χ2v) is 19.8. The molecular formula is C44H84O17P2. The lowest BCUT2D eigenvalue weighted by Crippen LogP contribution is -2.64. The van der Waals surface area contributed by atoms with Crippen LogP contribution >= 0.6 is 15.6 Å². The van der Waals surface area contributed by atoms with Crippen molar-refractivity contribution in [3.63, 3.8) is 0 Å². The molecule has 0 aromatic rings. The summed E-state index contributed by atoms with van der Waals surface area (Å²) < 4.78 is 49.1. The minimum absolute atomic E-state index is 0.0348. The highest BCUT2D eigenvalue weighted by Crippen LogP contribution is 2.48. The standard InChI is InChI=1S/C44H84O17P2/c1-3-5-6-7-8-9-10-11-15-18-21-24-27-31-37(46)59-36(34-58-63(55,56)61-44-41(50)39(48)43(40(49)42(44)51)60-62(52,53)54)33-38(47)57-32-28-25-22-19-16-13-12-14-17-20-23-26-30-35(45)29-4-2/h36,39-44,48-51H,3-34H2,1-2H3,(H,55,56)(H2,52,53,54)/t36-,39-,40+,41+,42?,43?,44?/m1/s1. The molecule has 0 spiro atoms. The van der Waals surface area contributed by atoms with Crippen LogP contribution < -0.4 is 0 Å². The molecule has 7 N–H and O–H groups in total. The Bertz CT molecular complexity index is 1280. The van der Waals surface area contributed by atoms with Gasteiger partial charge >= 0.3 is 27.6 Å². The van der Waals surface area contributed by atoms with E-state index in [9.17, 15) is 48.8 Å². The molecule has 1 aliphatic rings. The minimum Gasteiger partial charge on any atom is -0.466 e. The third-order valence-corrected chi connectivity index (χ3v) is 12.8. The second-order valence-electron chi connectivity index (χ2n) is 17.2. The number of aliphatic hydroxyl groups is 4. The highest BCUT2D eigenvalue weighted by molar-refractivity contribution is 7.47. The van der Waals surface area contributed by atoms with E-state index in [-0.39, 0.29) is 13.0 Å². The van der Waals surface area contributed by atoms with Gasteiger partial charge in [0.15, 0.2) is 0 Å². The van der Waals surface area contributed by atoms with Gasteiger partial charge in [0, 0.05) is 19.3 Å². The van der Waals surface area contributed by atoms with Gasteiger partial charge in [0.2, 0.25) is 0 Å². The first-order chi connectivity index (χ1) is 30.0. The number of ketones is 1. The number of unbranched alkanes of at least 4 members (excludes halogenated alkanes) is 23. The van der Waals surface area contributed by atoms with E-state index in [1.807, 2.05) is 6.92 Å². The van der Waals surface area contributed by atoms with Crippen LogP contribution in [0.2, 0.25) is 0 Å². The van der Waals surface area contributed by atoms with Crippen LogP contribution in [0.1, 0.15) is 206 Å². The predicted octanol–water partition coefficient (Wildman–Crippen LogP) is 8.19. The lowest BCUT2D eigenvalue weighted by Gasteiger charge is -2.43. The molecule has 8 atom stereocenters. The van der Waals surface area contributed by atoms with Crippen molar-refractivity contribution in [3.05, 3.63) is 0 Å². The molecule has 1 aliphatic carbocycles. The van der Waals surface area contributed by atoms with Gasteiger partial charge in [-0.05, 0) is 25.7 Å². The Kier molecular flexibility index (Phi) is 33.9. The van der Waals surface area contributed by atoms with Crippen LogP contribution in [0, 0.1) is 0 Å². The zero-order valence-electron chi connectivity index (χ0n) is 38.3. The van der Waals surface area contributed by atoms with Crippen molar-refractivity contribution in [1.82, 2.24) is 0 Å². The van der Waals surface area contributed by atoms with Gasteiger partial charge in [0.25, 0.3) is 0 Å². The average Bonchev–Trinajstić information content (AvgIpc) is 3.22. The van der Waals surface area contributed by atoms with Gasteiger partial charge in [-0.15, -0.1) is 0 Å². The van der Waals surface area contributed by atoms with E-state index in [1.54, 1.807) is 0 Å². The van der Waals surface area contributed by atoms with Crippen LogP contribution in [0.3, 0.4) is 0 Å². The molecule has 63 heavy (non-hydrogen) atoms. The smallest absolute Gasteiger partial charge is 0.466 e. The summed E-state index contributed by atoms with van der Waals surface area (Å²) in [5.74, 6) is -1.03. The summed E-state index contributed by atoms with van der Waals surface area (Å²) in [6, 6.07) is 0. The number of ether oxygens (including phenoxy) is 2. The summed E-state index contributed by atoms with van der Waals surface area (Å²) in [7, 11) is -10.6. The molecule has 0 radical (unpaired) electrons. The Hall–Kier alpha value is -1.33. The van der Waals surface area contributed by atoms with Crippen molar-refractivity contribution < 1.29 is 81.7 Å². The molecule has 4 unspecified atom stereocenters. The van der Waals surface area contributed by atoms with Gasteiger partial charge < -0.3 is 44.6 Å². The van der Waals surface area contributed by atoms with E-state index < -0.39 is 83.3 Å². The Labute approximate surface area is 376 Å². The van der Waals surface area contributed by atoms with E-state index in [0.29, 0.717) is 31.5 Å². The number of phosphoric acid groups is 2. The van der Waals surface area contributed by atoms with Crippen LogP contribution in [0.5, 0.6) is 0 Å². The zero-order chi connectivity index (χ0) is 46.9. The van der Waals surface area contributed by atoms with E-state index in [2.05, 4.69) is 11.4 Å². The fraction of sp³-hybridized carbons (Fsp3) is 0.932.